The van der Waals surface area contributed by atoms with Crippen molar-refractivity contribution in [3.05, 3.63) is 42.1 Å². The monoisotopic (exact) mass is 412 g/mol. The van der Waals surface area contributed by atoms with Gasteiger partial charge in [0, 0.05) is 44.9 Å². The van der Waals surface area contributed by atoms with Crippen LogP contribution in [0.2, 0.25) is 0 Å². The number of hydrogen-bond acceptors (Lipinski definition) is 4. The number of imidazole rings is 1. The van der Waals surface area contributed by atoms with Crippen LogP contribution >= 0.6 is 0 Å². The number of aliphatic imine (C=N–C) groups is 1. The summed E-state index contributed by atoms with van der Waals surface area (Å²) in [5, 5.41) is 6.97. The number of nitrogens with zero attached hydrogens (tertiary/aromatic N) is 4. The third kappa shape index (κ3) is 6.05. The Kier molecular flexibility index (Phi) is 8.25. The highest BCUT2D eigenvalue weighted by Gasteiger charge is 2.33. The minimum Gasteiger partial charge on any atom is -0.382 e. The molecular formula is C23H36N6O. The maximum absolute atomic E-state index is 5.64. The highest BCUT2D eigenvalue weighted by atomic mass is 16.5. The Morgan fingerprint density at radius 3 is 2.67 bits per heavy atom. The van der Waals surface area contributed by atoms with Gasteiger partial charge in [-0.05, 0) is 57.1 Å². The lowest BCUT2D eigenvalue weighted by atomic mass is 9.83. The third-order valence-electron chi connectivity index (χ3n) is 5.92. The normalized spacial score (nSPS) is 16.0. The van der Waals surface area contributed by atoms with Crippen molar-refractivity contribution in [1.82, 2.24) is 25.2 Å². The molecule has 1 saturated carbocycles. The molecule has 164 valence electrons. The zero-order valence-corrected chi connectivity index (χ0v) is 18.7. The van der Waals surface area contributed by atoms with Gasteiger partial charge in [0.15, 0.2) is 5.96 Å². The van der Waals surface area contributed by atoms with Crippen molar-refractivity contribution < 1.29 is 4.74 Å². The predicted octanol–water partition coefficient (Wildman–Crippen LogP) is 3.62. The summed E-state index contributed by atoms with van der Waals surface area (Å²) in [5.74, 6) is 2.67. The van der Waals surface area contributed by atoms with Crippen molar-refractivity contribution in [2.45, 2.75) is 59.4 Å². The SMILES string of the molecule is CCNC(=NCc1ccc(-n2ccnc2C)nc1)NCC1(CCOCC)CCCC1. The molecule has 1 aliphatic rings. The number of rotatable bonds is 10. The van der Waals surface area contributed by atoms with Gasteiger partial charge in [-0.2, -0.15) is 0 Å². The van der Waals surface area contributed by atoms with Crippen molar-refractivity contribution >= 4 is 5.96 Å². The van der Waals surface area contributed by atoms with Crippen LogP contribution in [0.1, 0.15) is 57.3 Å². The van der Waals surface area contributed by atoms with Crippen LogP contribution in [0.5, 0.6) is 0 Å². The van der Waals surface area contributed by atoms with Crippen molar-refractivity contribution in [3.8, 4) is 5.82 Å². The quantitative estimate of drug-likeness (QED) is 0.354. The van der Waals surface area contributed by atoms with Crippen LogP contribution in [0.4, 0.5) is 0 Å². The van der Waals surface area contributed by atoms with E-state index in [0.717, 1.165) is 55.9 Å². The molecule has 2 heterocycles. The van der Waals surface area contributed by atoms with Gasteiger partial charge in [-0.15, -0.1) is 0 Å². The molecule has 0 unspecified atom stereocenters. The number of nitrogens with one attached hydrogen (secondary N) is 2. The molecule has 7 heteroatoms. The maximum Gasteiger partial charge on any atom is 0.191 e. The van der Waals surface area contributed by atoms with E-state index >= 15 is 0 Å². The second-order valence-corrected chi connectivity index (χ2v) is 8.07. The average molecular weight is 413 g/mol. The number of ether oxygens (including phenoxy) is 1. The number of guanidine groups is 1. The Hall–Kier alpha value is -2.41. The molecule has 2 aromatic rings. The van der Waals surface area contributed by atoms with Gasteiger partial charge in [-0.25, -0.2) is 15.0 Å². The average Bonchev–Trinajstić information content (AvgIpc) is 3.40. The second kappa shape index (κ2) is 11.1. The van der Waals surface area contributed by atoms with Crippen LogP contribution < -0.4 is 10.6 Å². The number of aromatic nitrogens is 3. The zero-order chi connectivity index (χ0) is 21.2. The van der Waals surface area contributed by atoms with Crippen LogP contribution in [0.15, 0.2) is 35.7 Å². The molecule has 0 aromatic carbocycles. The van der Waals surface area contributed by atoms with Crippen molar-refractivity contribution in [2.75, 3.05) is 26.3 Å². The van der Waals surface area contributed by atoms with Crippen LogP contribution in [0, 0.1) is 12.3 Å². The Balaban J connectivity index is 1.59. The van der Waals surface area contributed by atoms with Crippen LogP contribution in [-0.4, -0.2) is 46.8 Å². The number of aryl methyl sites for hydroxylation is 1. The lowest BCUT2D eigenvalue weighted by Gasteiger charge is -2.30. The van der Waals surface area contributed by atoms with E-state index in [1.807, 2.05) is 30.0 Å². The molecular weight excluding hydrogens is 376 g/mol. The first kappa shape index (κ1) is 22.3. The van der Waals surface area contributed by atoms with E-state index in [0.29, 0.717) is 12.0 Å². The fourth-order valence-corrected chi connectivity index (χ4v) is 4.13. The molecule has 3 rings (SSSR count). The van der Waals surface area contributed by atoms with Crippen molar-refractivity contribution in [2.24, 2.45) is 10.4 Å². The fourth-order valence-electron chi connectivity index (χ4n) is 4.13. The molecule has 0 aliphatic heterocycles. The van der Waals surface area contributed by atoms with Gasteiger partial charge in [0.1, 0.15) is 11.6 Å². The van der Waals surface area contributed by atoms with E-state index in [4.69, 9.17) is 9.73 Å². The molecule has 1 fully saturated rings. The third-order valence-corrected chi connectivity index (χ3v) is 5.92. The summed E-state index contributed by atoms with van der Waals surface area (Å²) in [5.41, 5.74) is 1.41. The van der Waals surface area contributed by atoms with E-state index in [1.165, 1.54) is 25.7 Å². The summed E-state index contributed by atoms with van der Waals surface area (Å²) in [6, 6.07) is 4.09. The van der Waals surface area contributed by atoms with Gasteiger partial charge >= 0.3 is 0 Å². The predicted molar refractivity (Wildman–Crippen MR) is 121 cm³/mol. The smallest absolute Gasteiger partial charge is 0.191 e. The molecule has 2 N–H and O–H groups in total. The van der Waals surface area contributed by atoms with Crippen LogP contribution in [0.25, 0.3) is 5.82 Å². The van der Waals surface area contributed by atoms with E-state index in [2.05, 4.69) is 40.5 Å². The van der Waals surface area contributed by atoms with Gasteiger partial charge in [0.05, 0.1) is 6.54 Å². The topological polar surface area (TPSA) is 76.4 Å². The number of pyridine rings is 1. The second-order valence-electron chi connectivity index (χ2n) is 8.07. The van der Waals surface area contributed by atoms with E-state index in [9.17, 15) is 0 Å². The first-order valence-electron chi connectivity index (χ1n) is 11.2. The van der Waals surface area contributed by atoms with E-state index in [-0.39, 0.29) is 0 Å². The Bertz CT molecular complexity index is 792. The summed E-state index contributed by atoms with van der Waals surface area (Å²) in [7, 11) is 0. The molecule has 0 saturated heterocycles. The van der Waals surface area contributed by atoms with E-state index in [1.54, 1.807) is 6.20 Å². The number of hydrogen-bond donors (Lipinski definition) is 2. The molecule has 2 aromatic heterocycles. The van der Waals surface area contributed by atoms with Crippen molar-refractivity contribution in [1.29, 1.82) is 0 Å². The van der Waals surface area contributed by atoms with Gasteiger partial charge in [-0.1, -0.05) is 18.9 Å². The summed E-state index contributed by atoms with van der Waals surface area (Å²) >= 11 is 0. The van der Waals surface area contributed by atoms with Gasteiger partial charge in [-0.3, -0.25) is 4.57 Å². The molecule has 0 bridgehead atoms. The maximum atomic E-state index is 5.64. The van der Waals surface area contributed by atoms with E-state index < -0.39 is 0 Å². The van der Waals surface area contributed by atoms with Gasteiger partial charge in [0.25, 0.3) is 0 Å². The molecule has 0 spiro atoms. The Labute approximate surface area is 180 Å². The molecule has 0 radical (unpaired) electrons. The molecule has 30 heavy (non-hydrogen) atoms. The Morgan fingerprint density at radius 2 is 2.03 bits per heavy atom. The summed E-state index contributed by atoms with van der Waals surface area (Å²) in [4.78, 5) is 13.6. The minimum absolute atomic E-state index is 0.331. The van der Waals surface area contributed by atoms with Crippen molar-refractivity contribution in [3.63, 3.8) is 0 Å². The molecule has 0 amide bonds. The van der Waals surface area contributed by atoms with Gasteiger partial charge < -0.3 is 15.4 Å². The zero-order valence-electron chi connectivity index (χ0n) is 18.7. The standard InChI is InChI=1S/C23H36N6O/c1-4-24-22(28-18-23(10-6-7-11-23)12-15-30-5-2)27-17-20-8-9-21(26-16-20)29-14-13-25-19(29)3/h8-9,13-14,16H,4-7,10-12,15,17-18H2,1-3H3,(H2,24,27,28). The lowest BCUT2D eigenvalue weighted by molar-refractivity contribution is 0.105. The first-order chi connectivity index (χ1) is 14.7. The largest absolute Gasteiger partial charge is 0.382 e. The van der Waals surface area contributed by atoms with Gasteiger partial charge in [0.2, 0.25) is 0 Å². The summed E-state index contributed by atoms with van der Waals surface area (Å²) in [6.45, 7) is 10.2. The van der Waals surface area contributed by atoms with Crippen LogP contribution in [0.3, 0.4) is 0 Å². The fraction of sp³-hybridized carbons (Fsp3) is 0.609. The first-order valence-corrected chi connectivity index (χ1v) is 11.2. The summed E-state index contributed by atoms with van der Waals surface area (Å²) in [6.07, 6.45) is 11.9. The lowest BCUT2D eigenvalue weighted by Crippen LogP contribution is -2.43. The van der Waals surface area contributed by atoms with Crippen LogP contribution in [-0.2, 0) is 11.3 Å². The molecule has 1 aliphatic carbocycles. The highest BCUT2D eigenvalue weighted by molar-refractivity contribution is 5.79. The summed E-state index contributed by atoms with van der Waals surface area (Å²) < 4.78 is 7.61. The minimum atomic E-state index is 0.331. The molecule has 0 atom stereocenters. The molecule has 7 nitrogen and oxygen atoms in total. The Morgan fingerprint density at radius 1 is 1.20 bits per heavy atom. The highest BCUT2D eigenvalue weighted by Crippen LogP contribution is 2.40.